The quantitative estimate of drug-likeness (QED) is 0.814. The van der Waals surface area contributed by atoms with Crippen LogP contribution in [0.5, 0.6) is 0 Å². The summed E-state index contributed by atoms with van der Waals surface area (Å²) in [4.78, 5) is 9.91. The van der Waals surface area contributed by atoms with E-state index >= 15 is 0 Å². The highest BCUT2D eigenvalue weighted by Gasteiger charge is 2.26. The number of hydrogen-bond donors (Lipinski definition) is 0. The molecule has 19 heavy (non-hydrogen) atoms. The molecule has 1 aromatic heterocycles. The minimum absolute atomic E-state index is 0.743. The van der Waals surface area contributed by atoms with Crippen LogP contribution in [-0.4, -0.2) is 42.1 Å². The highest BCUT2D eigenvalue weighted by molar-refractivity contribution is 5.39. The Morgan fingerprint density at radius 2 is 1.84 bits per heavy atom. The third-order valence-corrected chi connectivity index (χ3v) is 4.50. The number of rotatable bonds is 2. The second-order valence-electron chi connectivity index (χ2n) is 5.98. The largest absolute Gasteiger partial charge is 0.355 e. The van der Waals surface area contributed by atoms with E-state index in [1.807, 2.05) is 0 Å². The maximum atomic E-state index is 4.71. The monoisotopic (exact) mass is 259 g/mol. The Labute approximate surface area is 116 Å². The van der Waals surface area contributed by atoms with Crippen molar-refractivity contribution in [3.8, 4) is 0 Å². The van der Waals surface area contributed by atoms with Crippen LogP contribution in [0.25, 0.3) is 0 Å². The van der Waals surface area contributed by atoms with Crippen LogP contribution in [0.15, 0.2) is 18.2 Å². The van der Waals surface area contributed by atoms with E-state index in [9.17, 15) is 0 Å². The summed E-state index contributed by atoms with van der Waals surface area (Å²) < 4.78 is 0. The van der Waals surface area contributed by atoms with Crippen molar-refractivity contribution < 1.29 is 0 Å². The van der Waals surface area contributed by atoms with E-state index in [0.717, 1.165) is 18.3 Å². The van der Waals surface area contributed by atoms with Crippen molar-refractivity contribution in [3.63, 3.8) is 0 Å². The summed E-state index contributed by atoms with van der Waals surface area (Å²) in [6.45, 7) is 7.02. The topological polar surface area (TPSA) is 19.4 Å². The van der Waals surface area contributed by atoms with Gasteiger partial charge in [0.2, 0.25) is 0 Å². The van der Waals surface area contributed by atoms with Gasteiger partial charge < -0.3 is 4.90 Å². The maximum absolute atomic E-state index is 4.71. The van der Waals surface area contributed by atoms with Crippen molar-refractivity contribution in [2.45, 2.75) is 45.1 Å². The lowest BCUT2D eigenvalue weighted by Crippen LogP contribution is -2.41. The average molecular weight is 259 g/mol. The molecule has 0 aromatic carbocycles. The number of pyridine rings is 1. The molecule has 0 amide bonds. The molecule has 0 saturated carbocycles. The van der Waals surface area contributed by atoms with E-state index in [2.05, 4.69) is 34.9 Å². The van der Waals surface area contributed by atoms with Gasteiger partial charge in [-0.1, -0.05) is 12.5 Å². The summed E-state index contributed by atoms with van der Waals surface area (Å²) in [5.41, 5.74) is 1.12. The van der Waals surface area contributed by atoms with Crippen molar-refractivity contribution in [1.82, 2.24) is 9.88 Å². The van der Waals surface area contributed by atoms with Crippen molar-refractivity contribution in [2.24, 2.45) is 0 Å². The molecule has 2 fully saturated rings. The lowest BCUT2D eigenvalue weighted by atomic mass is 10.1. The van der Waals surface area contributed by atoms with E-state index in [4.69, 9.17) is 4.98 Å². The Morgan fingerprint density at radius 1 is 1.05 bits per heavy atom. The molecule has 1 atom stereocenters. The molecule has 1 unspecified atom stereocenters. The molecule has 1 aromatic rings. The van der Waals surface area contributed by atoms with Crippen LogP contribution in [-0.2, 0) is 0 Å². The summed E-state index contributed by atoms with van der Waals surface area (Å²) in [6.07, 6.45) is 6.81. The fourth-order valence-electron chi connectivity index (χ4n) is 3.44. The number of hydrogen-bond acceptors (Lipinski definition) is 3. The zero-order valence-electron chi connectivity index (χ0n) is 12.0. The smallest absolute Gasteiger partial charge is 0.128 e. The van der Waals surface area contributed by atoms with E-state index in [1.165, 1.54) is 57.6 Å². The van der Waals surface area contributed by atoms with Crippen molar-refractivity contribution in [2.75, 3.05) is 31.1 Å². The third kappa shape index (κ3) is 3.08. The fourth-order valence-corrected chi connectivity index (χ4v) is 3.44. The Hall–Kier alpha value is -1.09. The van der Waals surface area contributed by atoms with Gasteiger partial charge in [0.15, 0.2) is 0 Å². The van der Waals surface area contributed by atoms with Crippen molar-refractivity contribution in [3.05, 3.63) is 23.9 Å². The van der Waals surface area contributed by atoms with Crippen LogP contribution in [0.3, 0.4) is 0 Å². The molecule has 2 aliphatic heterocycles. The molecule has 0 aliphatic carbocycles. The van der Waals surface area contributed by atoms with E-state index in [0.29, 0.717) is 0 Å². The summed E-state index contributed by atoms with van der Waals surface area (Å²) in [7, 11) is 0. The van der Waals surface area contributed by atoms with Gasteiger partial charge in [-0.25, -0.2) is 4.98 Å². The molecule has 3 nitrogen and oxygen atoms in total. The van der Waals surface area contributed by atoms with Crippen molar-refractivity contribution in [1.29, 1.82) is 0 Å². The zero-order valence-corrected chi connectivity index (χ0v) is 12.0. The van der Waals surface area contributed by atoms with Gasteiger partial charge in [-0.2, -0.15) is 0 Å². The van der Waals surface area contributed by atoms with Gasteiger partial charge in [-0.05, 0) is 57.8 Å². The minimum atomic E-state index is 0.743. The summed E-state index contributed by atoms with van der Waals surface area (Å²) in [5.74, 6) is 1.17. The van der Waals surface area contributed by atoms with Crippen LogP contribution >= 0.6 is 0 Å². The van der Waals surface area contributed by atoms with Crippen LogP contribution in [0.2, 0.25) is 0 Å². The molecule has 0 radical (unpaired) electrons. The molecule has 2 aliphatic rings. The Kier molecular flexibility index (Phi) is 4.02. The number of aromatic nitrogens is 1. The average Bonchev–Trinajstić information content (AvgIpc) is 2.83. The first-order chi connectivity index (χ1) is 9.33. The van der Waals surface area contributed by atoms with Crippen LogP contribution in [0.4, 0.5) is 5.82 Å². The highest BCUT2D eigenvalue weighted by Crippen LogP contribution is 2.23. The third-order valence-electron chi connectivity index (χ3n) is 4.50. The second-order valence-corrected chi connectivity index (χ2v) is 5.98. The Bertz CT molecular complexity index is 412. The van der Waals surface area contributed by atoms with Gasteiger partial charge in [0.05, 0.1) is 0 Å². The molecule has 3 heteroatoms. The molecule has 0 N–H and O–H groups in total. The van der Waals surface area contributed by atoms with E-state index in [1.54, 1.807) is 0 Å². The lowest BCUT2D eigenvalue weighted by Gasteiger charge is -2.31. The number of likely N-dealkylation sites (tertiary alicyclic amines) is 1. The summed E-state index contributed by atoms with van der Waals surface area (Å²) in [5, 5.41) is 0. The van der Waals surface area contributed by atoms with Gasteiger partial charge in [0.1, 0.15) is 5.82 Å². The van der Waals surface area contributed by atoms with Crippen LogP contribution in [0.1, 0.15) is 37.8 Å². The molecular formula is C16H25N3. The van der Waals surface area contributed by atoms with Gasteiger partial charge in [0.25, 0.3) is 0 Å². The highest BCUT2D eigenvalue weighted by atomic mass is 15.3. The first-order valence-electron chi connectivity index (χ1n) is 7.75. The maximum Gasteiger partial charge on any atom is 0.128 e. The summed E-state index contributed by atoms with van der Waals surface area (Å²) in [6, 6.07) is 7.12. The molecule has 0 bridgehead atoms. The van der Waals surface area contributed by atoms with Crippen LogP contribution in [0, 0.1) is 6.92 Å². The molecule has 2 saturated heterocycles. The lowest BCUT2D eigenvalue weighted by molar-refractivity contribution is 0.236. The molecule has 3 rings (SSSR count). The normalized spacial score (nSPS) is 25.5. The number of aryl methyl sites for hydroxylation is 1. The number of anilines is 1. The molecule has 104 valence electrons. The zero-order chi connectivity index (χ0) is 13.1. The van der Waals surface area contributed by atoms with Gasteiger partial charge in [-0.15, -0.1) is 0 Å². The Morgan fingerprint density at radius 3 is 2.63 bits per heavy atom. The standard InChI is InChI=1S/C16H25N3/c1-14-7-6-9-16(17-14)19-12-3-2-8-15(13-19)18-10-4-5-11-18/h6-7,9,15H,2-5,8,10-13H2,1H3. The number of nitrogens with zero attached hydrogens (tertiary/aromatic N) is 3. The van der Waals surface area contributed by atoms with Gasteiger partial charge in [-0.3, -0.25) is 4.90 Å². The molecule has 0 spiro atoms. The van der Waals surface area contributed by atoms with Gasteiger partial charge >= 0.3 is 0 Å². The van der Waals surface area contributed by atoms with Crippen molar-refractivity contribution >= 4 is 5.82 Å². The SMILES string of the molecule is Cc1cccc(N2CCCCC(N3CCCC3)C2)n1. The minimum Gasteiger partial charge on any atom is -0.355 e. The van der Waals surface area contributed by atoms with E-state index in [-0.39, 0.29) is 0 Å². The van der Waals surface area contributed by atoms with E-state index < -0.39 is 0 Å². The Balaban J connectivity index is 1.73. The fraction of sp³-hybridized carbons (Fsp3) is 0.688. The predicted octanol–water partition coefficient (Wildman–Crippen LogP) is 2.84. The predicted molar refractivity (Wildman–Crippen MR) is 79.6 cm³/mol. The van der Waals surface area contributed by atoms with Crippen LogP contribution < -0.4 is 4.90 Å². The first kappa shape index (κ1) is 12.9. The first-order valence-corrected chi connectivity index (χ1v) is 7.75. The van der Waals surface area contributed by atoms with Gasteiger partial charge in [0, 0.05) is 24.8 Å². The molecular weight excluding hydrogens is 234 g/mol. The summed E-state index contributed by atoms with van der Waals surface area (Å²) >= 11 is 0. The molecule has 3 heterocycles. The second kappa shape index (κ2) is 5.91.